The highest BCUT2D eigenvalue weighted by molar-refractivity contribution is 5.99. The maximum atomic E-state index is 12.6. The Balaban J connectivity index is 1.96. The first-order valence-electron chi connectivity index (χ1n) is 16.3. The number of aliphatic hydroxyl groups is 2. The molecule has 4 nitrogen and oxygen atoms in total. The van der Waals surface area contributed by atoms with E-state index < -0.39 is 0 Å². The number of carbonyl (C=O) groups is 2. The molecule has 0 fully saturated rings. The van der Waals surface area contributed by atoms with E-state index in [4.69, 9.17) is 0 Å². The Hall–Kier alpha value is -3.60. The molecule has 2 aliphatic carbocycles. The summed E-state index contributed by atoms with van der Waals surface area (Å²) in [5.74, 6) is -0.490. The molecule has 46 heavy (non-hydrogen) atoms. The predicted molar refractivity (Wildman–Crippen MR) is 194 cm³/mol. The number of carbonyl (C=O) groups excluding carboxylic acids is 2. The zero-order valence-electron chi connectivity index (χ0n) is 29.8. The molecule has 0 aromatic heterocycles. The number of hydrogen-bond acceptors (Lipinski definition) is 4. The van der Waals surface area contributed by atoms with Crippen LogP contribution in [0.3, 0.4) is 0 Å². The van der Waals surface area contributed by atoms with Gasteiger partial charge in [0.2, 0.25) is 0 Å². The molecule has 0 aromatic carbocycles. The predicted octanol–water partition coefficient (Wildman–Crippen LogP) is 9.40. The van der Waals surface area contributed by atoms with Crippen LogP contribution in [0.4, 0.5) is 0 Å². The zero-order chi connectivity index (χ0) is 34.7. The summed E-state index contributed by atoms with van der Waals surface area (Å²) in [5, 5.41) is 19.1. The van der Waals surface area contributed by atoms with Crippen LogP contribution in [0, 0.1) is 22.7 Å². The summed E-state index contributed by atoms with van der Waals surface area (Å²) in [5.41, 5.74) is 7.73. The lowest BCUT2D eigenvalue weighted by molar-refractivity contribution is -0.123. The molecule has 0 saturated carbocycles. The van der Waals surface area contributed by atoms with Crippen LogP contribution in [0.25, 0.3) is 0 Å². The monoisotopic (exact) mass is 624 g/mol. The van der Waals surface area contributed by atoms with Crippen LogP contribution in [0.1, 0.15) is 82.1 Å². The van der Waals surface area contributed by atoms with E-state index in [1.54, 1.807) is 0 Å². The minimum absolute atomic E-state index is 0.0550. The van der Waals surface area contributed by atoms with E-state index in [2.05, 4.69) is 102 Å². The Bertz CT molecular complexity index is 1370. The molecule has 0 aliphatic heterocycles. The minimum atomic E-state index is -0.300. The Morgan fingerprint density at radius 2 is 0.891 bits per heavy atom. The molecule has 4 heteroatoms. The second kappa shape index (κ2) is 17.4. The smallest absolute Gasteiger partial charge is 0.164 e. The van der Waals surface area contributed by atoms with E-state index in [1.807, 2.05) is 52.0 Å². The van der Waals surface area contributed by atoms with Crippen molar-refractivity contribution in [3.05, 3.63) is 130 Å². The lowest BCUT2D eigenvalue weighted by atomic mass is 9.68. The van der Waals surface area contributed by atoms with Gasteiger partial charge in [0.05, 0.1) is 13.2 Å². The van der Waals surface area contributed by atoms with E-state index in [1.165, 1.54) is 0 Å². The van der Waals surface area contributed by atoms with E-state index in [0.29, 0.717) is 12.8 Å². The van der Waals surface area contributed by atoms with Crippen molar-refractivity contribution < 1.29 is 19.8 Å². The first kappa shape index (κ1) is 38.6. The number of aliphatic hydroxyl groups excluding tert-OH is 2. The largest absolute Gasteiger partial charge is 0.396 e. The number of allylic oxidation sites excluding steroid dienone is 22. The van der Waals surface area contributed by atoms with Gasteiger partial charge in [0.15, 0.2) is 11.6 Å². The Morgan fingerprint density at radius 3 is 1.22 bits per heavy atom. The molecule has 2 atom stereocenters. The Labute approximate surface area is 278 Å². The molecule has 2 aliphatic rings. The lowest BCUT2D eigenvalue weighted by Gasteiger charge is -2.36. The van der Waals surface area contributed by atoms with Gasteiger partial charge in [-0.2, -0.15) is 0 Å². The zero-order valence-corrected chi connectivity index (χ0v) is 29.8. The third-order valence-electron chi connectivity index (χ3n) is 8.99. The fourth-order valence-corrected chi connectivity index (χ4v) is 6.30. The van der Waals surface area contributed by atoms with E-state index in [9.17, 15) is 19.8 Å². The van der Waals surface area contributed by atoms with Crippen LogP contribution >= 0.6 is 0 Å². The highest BCUT2D eigenvalue weighted by Gasteiger charge is 2.38. The molecule has 0 radical (unpaired) electrons. The minimum Gasteiger partial charge on any atom is -0.396 e. The topological polar surface area (TPSA) is 74.6 Å². The number of hydrogen-bond donors (Lipinski definition) is 2. The quantitative estimate of drug-likeness (QED) is 0.212. The van der Waals surface area contributed by atoms with Crippen LogP contribution in [0.2, 0.25) is 0 Å². The average molecular weight is 625 g/mol. The second-order valence-electron chi connectivity index (χ2n) is 14.2. The van der Waals surface area contributed by atoms with Gasteiger partial charge in [0.25, 0.3) is 0 Å². The maximum absolute atomic E-state index is 12.6. The van der Waals surface area contributed by atoms with Gasteiger partial charge < -0.3 is 10.2 Å². The standard InChI is InChI=1S/C42H56O4/c1-29(17-13-19-31(3)21-23-37-33(5)39(45)35(27-43)25-41(37,7)8)15-11-12-16-30(2)18-14-20-32(4)22-24-38-34(6)40(46)36(28-44)26-42(38,9)10/h11-24,35-36,43-44H,25-28H2,1-10H3. The number of Topliss-reactive ketones (excluding diaryl/α,β-unsaturated/α-hetero) is 2. The van der Waals surface area contributed by atoms with Crippen LogP contribution in [-0.2, 0) is 9.59 Å². The van der Waals surface area contributed by atoms with Crippen molar-refractivity contribution in [1.29, 1.82) is 0 Å². The molecular weight excluding hydrogens is 568 g/mol. The van der Waals surface area contributed by atoms with Crippen LogP contribution < -0.4 is 0 Å². The van der Waals surface area contributed by atoms with Gasteiger partial charge in [-0.25, -0.2) is 0 Å². The van der Waals surface area contributed by atoms with E-state index in [-0.39, 0.29) is 47.4 Å². The summed E-state index contributed by atoms with van der Waals surface area (Å²) in [6.07, 6.45) is 30.0. The fraction of sp³-hybridized carbons (Fsp3) is 0.429. The van der Waals surface area contributed by atoms with Gasteiger partial charge >= 0.3 is 0 Å². The fourth-order valence-electron chi connectivity index (χ4n) is 6.30. The van der Waals surface area contributed by atoms with Gasteiger partial charge in [-0.1, -0.05) is 135 Å². The Kier molecular flexibility index (Phi) is 14.6. The first-order chi connectivity index (χ1) is 21.5. The summed E-state index contributed by atoms with van der Waals surface area (Å²) in [6.45, 7) is 20.3. The molecule has 0 amide bonds. The van der Waals surface area contributed by atoms with Crippen LogP contribution in [0.15, 0.2) is 130 Å². The van der Waals surface area contributed by atoms with Crippen molar-refractivity contribution >= 4 is 11.6 Å². The highest BCUT2D eigenvalue weighted by Crippen LogP contribution is 2.43. The molecule has 0 spiro atoms. The number of rotatable bonds is 12. The van der Waals surface area contributed by atoms with Crippen molar-refractivity contribution in [2.24, 2.45) is 22.7 Å². The van der Waals surface area contributed by atoms with Gasteiger partial charge in [0.1, 0.15) is 0 Å². The van der Waals surface area contributed by atoms with Crippen LogP contribution in [0.5, 0.6) is 0 Å². The van der Waals surface area contributed by atoms with Crippen LogP contribution in [-0.4, -0.2) is 35.0 Å². The number of ketones is 2. The van der Waals surface area contributed by atoms with Crippen molar-refractivity contribution in [3.8, 4) is 0 Å². The van der Waals surface area contributed by atoms with Crippen molar-refractivity contribution in [2.45, 2.75) is 82.1 Å². The van der Waals surface area contributed by atoms with Gasteiger partial charge in [0, 0.05) is 11.8 Å². The summed E-state index contributed by atoms with van der Waals surface area (Å²) < 4.78 is 0. The Morgan fingerprint density at radius 1 is 0.587 bits per heavy atom. The summed E-state index contributed by atoms with van der Waals surface area (Å²) in [7, 11) is 0. The van der Waals surface area contributed by atoms with E-state index in [0.717, 1.165) is 44.6 Å². The third-order valence-corrected chi connectivity index (χ3v) is 8.99. The molecule has 2 N–H and O–H groups in total. The molecule has 248 valence electrons. The molecule has 0 aromatic rings. The third kappa shape index (κ3) is 11.0. The molecule has 0 bridgehead atoms. The van der Waals surface area contributed by atoms with Crippen molar-refractivity contribution in [1.82, 2.24) is 0 Å². The van der Waals surface area contributed by atoms with E-state index >= 15 is 0 Å². The summed E-state index contributed by atoms with van der Waals surface area (Å²) in [6, 6.07) is 0. The molecule has 0 heterocycles. The SMILES string of the molecule is CC(C=CC=C(C)C=CC1=C(C)C(=O)C(CO)CC1(C)C)=CC=CC=C(C)C=CC=C(C)C=CC1=C(C)C(=O)C(CO)CC1(C)C. The molecular formula is C42H56O4. The normalized spacial score (nSPS) is 24.0. The maximum Gasteiger partial charge on any atom is 0.164 e. The highest BCUT2D eigenvalue weighted by atomic mass is 16.3. The van der Waals surface area contributed by atoms with Crippen molar-refractivity contribution in [2.75, 3.05) is 13.2 Å². The van der Waals surface area contributed by atoms with Gasteiger partial charge in [-0.05, 0) is 87.5 Å². The second-order valence-corrected chi connectivity index (χ2v) is 14.2. The van der Waals surface area contributed by atoms with Gasteiger partial charge in [-0.3, -0.25) is 9.59 Å². The summed E-state index contributed by atoms with van der Waals surface area (Å²) in [4.78, 5) is 25.1. The van der Waals surface area contributed by atoms with Gasteiger partial charge in [-0.15, -0.1) is 0 Å². The molecule has 2 rings (SSSR count). The average Bonchev–Trinajstić information content (AvgIpc) is 2.98. The first-order valence-corrected chi connectivity index (χ1v) is 16.3. The van der Waals surface area contributed by atoms with Crippen molar-refractivity contribution in [3.63, 3.8) is 0 Å². The molecule has 0 saturated heterocycles. The summed E-state index contributed by atoms with van der Waals surface area (Å²) >= 11 is 0. The lowest BCUT2D eigenvalue weighted by Crippen LogP contribution is -2.34. The molecule has 2 unspecified atom stereocenters.